The zero-order valence-corrected chi connectivity index (χ0v) is 12.2. The molecule has 1 aliphatic carbocycles. The van der Waals surface area contributed by atoms with Crippen LogP contribution in [0.15, 0.2) is 24.3 Å². The number of benzene rings is 1. The zero-order chi connectivity index (χ0) is 13.5. The summed E-state index contributed by atoms with van der Waals surface area (Å²) in [4.78, 5) is 0. The van der Waals surface area contributed by atoms with E-state index in [-0.39, 0.29) is 0 Å². The maximum absolute atomic E-state index is 5.84. The van der Waals surface area contributed by atoms with E-state index in [1.807, 2.05) is 0 Å². The molecule has 0 aliphatic heterocycles. The predicted octanol–water partition coefficient (Wildman–Crippen LogP) is 4.54. The van der Waals surface area contributed by atoms with Gasteiger partial charge >= 0.3 is 0 Å². The lowest BCUT2D eigenvalue weighted by atomic mass is 9.98. The molecule has 0 heterocycles. The van der Waals surface area contributed by atoms with Crippen molar-refractivity contribution in [2.24, 2.45) is 0 Å². The number of rotatable bonds is 6. The highest BCUT2D eigenvalue weighted by Crippen LogP contribution is 2.21. The molecule has 2 heteroatoms. The second-order valence-electron chi connectivity index (χ2n) is 5.70. The molecule has 0 saturated heterocycles. The minimum atomic E-state index is 0.473. The molecule has 1 saturated carbocycles. The van der Waals surface area contributed by atoms with Crippen LogP contribution in [-0.2, 0) is 4.74 Å². The van der Waals surface area contributed by atoms with E-state index < -0.39 is 0 Å². The molecular weight excluding hydrogens is 236 g/mol. The third kappa shape index (κ3) is 4.87. The fourth-order valence-electron chi connectivity index (χ4n) is 2.56. The summed E-state index contributed by atoms with van der Waals surface area (Å²) in [6, 6.07) is 8.38. The van der Waals surface area contributed by atoms with Crippen LogP contribution in [0.5, 0.6) is 5.75 Å². The average molecular weight is 262 g/mol. The summed E-state index contributed by atoms with van der Waals surface area (Å²) in [6.07, 6.45) is 6.94. The summed E-state index contributed by atoms with van der Waals surface area (Å²) >= 11 is 0. The van der Waals surface area contributed by atoms with Crippen LogP contribution < -0.4 is 4.74 Å². The molecule has 0 unspecified atom stereocenters. The van der Waals surface area contributed by atoms with Crippen molar-refractivity contribution in [3.8, 4) is 5.75 Å². The summed E-state index contributed by atoms with van der Waals surface area (Å²) in [5.74, 6) is 1.51. The maximum Gasteiger partial charge on any atom is 0.119 e. The molecule has 1 aliphatic rings. The standard InChI is InChI=1S/C17H26O2/c1-14(2)15-8-10-17(11-9-15)19-13-12-18-16-6-4-3-5-7-16/h8-11,14,16H,3-7,12-13H2,1-2H3. The lowest BCUT2D eigenvalue weighted by Crippen LogP contribution is -2.19. The Labute approximate surface area is 117 Å². The van der Waals surface area contributed by atoms with E-state index in [9.17, 15) is 0 Å². The first-order valence-electron chi connectivity index (χ1n) is 7.60. The molecule has 0 aromatic heterocycles. The van der Waals surface area contributed by atoms with Crippen molar-refractivity contribution >= 4 is 0 Å². The summed E-state index contributed by atoms with van der Waals surface area (Å²) in [7, 11) is 0. The van der Waals surface area contributed by atoms with Crippen molar-refractivity contribution in [2.45, 2.75) is 58.0 Å². The van der Waals surface area contributed by atoms with Gasteiger partial charge in [0.25, 0.3) is 0 Å². The Morgan fingerprint density at radius 3 is 2.32 bits per heavy atom. The highest BCUT2D eigenvalue weighted by atomic mass is 16.5. The van der Waals surface area contributed by atoms with Gasteiger partial charge in [-0.2, -0.15) is 0 Å². The molecule has 2 rings (SSSR count). The van der Waals surface area contributed by atoms with Crippen molar-refractivity contribution in [2.75, 3.05) is 13.2 Å². The minimum Gasteiger partial charge on any atom is -0.491 e. The third-order valence-electron chi connectivity index (χ3n) is 3.80. The van der Waals surface area contributed by atoms with Crippen molar-refractivity contribution in [3.63, 3.8) is 0 Å². The molecule has 1 aromatic carbocycles. The van der Waals surface area contributed by atoms with Gasteiger partial charge in [-0.1, -0.05) is 45.2 Å². The smallest absolute Gasteiger partial charge is 0.119 e. The highest BCUT2D eigenvalue weighted by molar-refractivity contribution is 5.28. The van der Waals surface area contributed by atoms with Crippen LogP contribution in [0, 0.1) is 0 Å². The summed E-state index contributed by atoms with van der Waals surface area (Å²) in [5.41, 5.74) is 1.35. The van der Waals surface area contributed by atoms with Gasteiger partial charge in [0, 0.05) is 0 Å². The number of ether oxygens (including phenoxy) is 2. The van der Waals surface area contributed by atoms with Crippen molar-refractivity contribution in [1.82, 2.24) is 0 Å². The highest BCUT2D eigenvalue weighted by Gasteiger charge is 2.13. The largest absolute Gasteiger partial charge is 0.491 e. The molecule has 19 heavy (non-hydrogen) atoms. The molecule has 1 fully saturated rings. The van der Waals surface area contributed by atoms with Crippen LogP contribution in [0.25, 0.3) is 0 Å². The van der Waals surface area contributed by atoms with E-state index in [1.54, 1.807) is 0 Å². The van der Waals surface area contributed by atoms with Crippen LogP contribution in [0.1, 0.15) is 57.4 Å². The zero-order valence-electron chi connectivity index (χ0n) is 12.2. The molecule has 0 bridgehead atoms. The maximum atomic E-state index is 5.84. The Morgan fingerprint density at radius 2 is 1.68 bits per heavy atom. The van der Waals surface area contributed by atoms with Gasteiger partial charge in [-0.15, -0.1) is 0 Å². The lowest BCUT2D eigenvalue weighted by molar-refractivity contribution is 0.0129. The van der Waals surface area contributed by atoms with Crippen LogP contribution in [0.2, 0.25) is 0 Å². The Morgan fingerprint density at radius 1 is 1.00 bits per heavy atom. The number of hydrogen-bond donors (Lipinski definition) is 0. The molecule has 106 valence electrons. The fraction of sp³-hybridized carbons (Fsp3) is 0.647. The Bertz CT molecular complexity index is 350. The molecular formula is C17H26O2. The van der Waals surface area contributed by atoms with Gasteiger partial charge in [-0.05, 0) is 36.5 Å². The van der Waals surface area contributed by atoms with E-state index in [4.69, 9.17) is 9.47 Å². The van der Waals surface area contributed by atoms with Crippen LogP contribution >= 0.6 is 0 Å². The van der Waals surface area contributed by atoms with Crippen molar-refractivity contribution in [1.29, 1.82) is 0 Å². The number of hydrogen-bond acceptors (Lipinski definition) is 2. The summed E-state index contributed by atoms with van der Waals surface area (Å²) in [6.45, 7) is 5.76. The van der Waals surface area contributed by atoms with Gasteiger partial charge in [-0.25, -0.2) is 0 Å². The monoisotopic (exact) mass is 262 g/mol. The van der Waals surface area contributed by atoms with E-state index >= 15 is 0 Å². The molecule has 0 atom stereocenters. The predicted molar refractivity (Wildman–Crippen MR) is 78.9 cm³/mol. The van der Waals surface area contributed by atoms with E-state index in [0.717, 1.165) is 5.75 Å². The molecule has 0 N–H and O–H groups in total. The van der Waals surface area contributed by atoms with Crippen LogP contribution in [-0.4, -0.2) is 19.3 Å². The molecule has 0 amide bonds. The second kappa shape index (κ2) is 7.54. The third-order valence-corrected chi connectivity index (χ3v) is 3.80. The van der Waals surface area contributed by atoms with Gasteiger partial charge in [0.05, 0.1) is 12.7 Å². The van der Waals surface area contributed by atoms with Crippen molar-refractivity contribution < 1.29 is 9.47 Å². The normalized spacial score (nSPS) is 16.8. The summed E-state index contributed by atoms with van der Waals surface area (Å²) in [5, 5.41) is 0. The molecule has 2 nitrogen and oxygen atoms in total. The first-order valence-corrected chi connectivity index (χ1v) is 7.60. The lowest BCUT2D eigenvalue weighted by Gasteiger charge is -2.21. The molecule has 0 radical (unpaired) electrons. The molecule has 0 spiro atoms. The average Bonchev–Trinajstić information content (AvgIpc) is 2.45. The molecule has 1 aromatic rings. The first kappa shape index (κ1) is 14.4. The van der Waals surface area contributed by atoms with Gasteiger partial charge in [0.15, 0.2) is 0 Å². The van der Waals surface area contributed by atoms with Gasteiger partial charge in [-0.3, -0.25) is 0 Å². The van der Waals surface area contributed by atoms with E-state index in [1.165, 1.54) is 37.7 Å². The van der Waals surface area contributed by atoms with E-state index in [2.05, 4.69) is 38.1 Å². The Hall–Kier alpha value is -1.02. The fourth-order valence-corrected chi connectivity index (χ4v) is 2.56. The second-order valence-corrected chi connectivity index (χ2v) is 5.70. The van der Waals surface area contributed by atoms with Gasteiger partial charge in [0.2, 0.25) is 0 Å². The van der Waals surface area contributed by atoms with E-state index in [0.29, 0.717) is 25.2 Å². The van der Waals surface area contributed by atoms with Gasteiger partial charge < -0.3 is 9.47 Å². The quantitative estimate of drug-likeness (QED) is 0.701. The topological polar surface area (TPSA) is 18.5 Å². The Kier molecular flexibility index (Phi) is 5.71. The summed E-state index contributed by atoms with van der Waals surface area (Å²) < 4.78 is 11.5. The minimum absolute atomic E-state index is 0.473. The van der Waals surface area contributed by atoms with Crippen LogP contribution in [0.3, 0.4) is 0 Å². The van der Waals surface area contributed by atoms with Crippen LogP contribution in [0.4, 0.5) is 0 Å². The van der Waals surface area contributed by atoms with Gasteiger partial charge in [0.1, 0.15) is 12.4 Å². The Balaban J connectivity index is 1.64. The van der Waals surface area contributed by atoms with Crippen molar-refractivity contribution in [3.05, 3.63) is 29.8 Å². The SMILES string of the molecule is CC(C)c1ccc(OCCOC2CCCCC2)cc1. The first-order chi connectivity index (χ1) is 9.25.